The average molecular weight is 542 g/mol. The van der Waals surface area contributed by atoms with E-state index < -0.39 is 59.2 Å². The smallest absolute Gasteiger partial charge is 0.229 e. The first kappa shape index (κ1) is 26.9. The number of hydrogen-bond donors (Lipinski definition) is 5. The maximum atomic E-state index is 12.9. The third-order valence-corrected chi connectivity index (χ3v) is 11.0. The normalized spacial score (nSPS) is 42.7. The number of aromatic amines is 1. The Bertz CT molecular complexity index is 1350. The van der Waals surface area contributed by atoms with Crippen molar-refractivity contribution in [3.05, 3.63) is 41.6 Å². The fourth-order valence-corrected chi connectivity index (χ4v) is 8.27. The molecule has 3 aliphatic carbocycles. The summed E-state index contributed by atoms with van der Waals surface area (Å²) in [6.07, 6.45) is 0.296. The number of allylic oxidation sites excluding steroid dienone is 1. The molecule has 4 aliphatic rings. The van der Waals surface area contributed by atoms with Crippen LogP contribution in [0.5, 0.6) is 5.75 Å². The van der Waals surface area contributed by atoms with E-state index in [0.29, 0.717) is 18.1 Å². The van der Waals surface area contributed by atoms with Crippen molar-refractivity contribution in [3.8, 4) is 5.75 Å². The van der Waals surface area contributed by atoms with Gasteiger partial charge in [0.25, 0.3) is 0 Å². The zero-order valence-electron chi connectivity index (χ0n) is 23.1. The second-order valence-electron chi connectivity index (χ2n) is 12.7. The number of fused-ring (bicyclic) bond motifs is 7. The van der Waals surface area contributed by atoms with E-state index in [2.05, 4.69) is 18.8 Å². The molecule has 9 nitrogen and oxygen atoms in total. The molecule has 9 atom stereocenters. The van der Waals surface area contributed by atoms with Gasteiger partial charge < -0.3 is 39.6 Å². The molecule has 1 aromatic heterocycles. The molecular formula is C30H39NO8. The number of nitrogens with one attached hydrogen (secondary N) is 1. The van der Waals surface area contributed by atoms with Crippen LogP contribution in [0.25, 0.3) is 10.9 Å². The van der Waals surface area contributed by atoms with Crippen molar-refractivity contribution < 1.29 is 39.4 Å². The summed E-state index contributed by atoms with van der Waals surface area (Å²) in [6.45, 7) is 7.63. The van der Waals surface area contributed by atoms with Gasteiger partial charge in [0, 0.05) is 40.6 Å². The minimum Gasteiger partial charge on any atom is -0.462 e. The summed E-state index contributed by atoms with van der Waals surface area (Å²) in [5.74, 6) is 0.705. The number of aromatic nitrogens is 1. The molecule has 1 saturated carbocycles. The van der Waals surface area contributed by atoms with Crippen LogP contribution >= 0.6 is 0 Å². The van der Waals surface area contributed by atoms with Crippen molar-refractivity contribution in [1.82, 2.24) is 4.98 Å². The first-order valence-electron chi connectivity index (χ1n) is 13.8. The zero-order chi connectivity index (χ0) is 28.1. The number of aliphatic hydroxyl groups excluding tert-OH is 3. The summed E-state index contributed by atoms with van der Waals surface area (Å²) in [7, 11) is 1.38. The molecule has 2 heterocycles. The third kappa shape index (κ3) is 3.26. The van der Waals surface area contributed by atoms with E-state index in [9.17, 15) is 25.2 Å². The Hall–Kier alpha value is -2.27. The lowest BCUT2D eigenvalue weighted by Gasteiger charge is -2.64. The van der Waals surface area contributed by atoms with Gasteiger partial charge in [-0.2, -0.15) is 0 Å². The van der Waals surface area contributed by atoms with Gasteiger partial charge in [0.15, 0.2) is 5.78 Å². The molecule has 0 unspecified atom stereocenters. The van der Waals surface area contributed by atoms with Gasteiger partial charge in [-0.15, -0.1) is 0 Å². The van der Waals surface area contributed by atoms with Crippen LogP contribution in [0.15, 0.2) is 30.4 Å². The summed E-state index contributed by atoms with van der Waals surface area (Å²) in [4.78, 5) is 16.5. The monoisotopic (exact) mass is 541 g/mol. The molecular weight excluding hydrogens is 502 g/mol. The molecule has 0 radical (unpaired) electrons. The number of carbonyl (C=O) groups excluding carboxylic acids is 1. The van der Waals surface area contributed by atoms with Crippen LogP contribution < -0.4 is 4.74 Å². The highest BCUT2D eigenvalue weighted by Gasteiger charge is 2.71. The predicted octanol–water partition coefficient (Wildman–Crippen LogP) is 2.13. The van der Waals surface area contributed by atoms with Crippen molar-refractivity contribution in [1.29, 1.82) is 0 Å². The van der Waals surface area contributed by atoms with Crippen molar-refractivity contribution in [2.45, 2.75) is 88.7 Å². The van der Waals surface area contributed by atoms with Gasteiger partial charge in [-0.05, 0) is 62.8 Å². The lowest BCUT2D eigenvalue weighted by Crippen LogP contribution is -2.70. The van der Waals surface area contributed by atoms with Crippen LogP contribution in [-0.2, 0) is 26.1 Å². The topological polar surface area (TPSA) is 141 Å². The molecule has 6 rings (SSSR count). The lowest BCUT2D eigenvalue weighted by molar-refractivity contribution is -0.281. The highest BCUT2D eigenvalue weighted by molar-refractivity contribution is 5.97. The molecule has 2 fully saturated rings. The van der Waals surface area contributed by atoms with E-state index in [1.807, 2.05) is 32.1 Å². The fraction of sp³-hybridized carbons (Fsp3) is 0.633. The molecule has 0 amide bonds. The van der Waals surface area contributed by atoms with Crippen molar-refractivity contribution >= 4 is 16.7 Å². The lowest BCUT2D eigenvalue weighted by atomic mass is 9.41. The van der Waals surface area contributed by atoms with Gasteiger partial charge in [0.2, 0.25) is 6.29 Å². The fourth-order valence-electron chi connectivity index (χ4n) is 8.27. The number of aliphatic hydroxyl groups is 4. The summed E-state index contributed by atoms with van der Waals surface area (Å²) in [5, 5.41) is 44.0. The van der Waals surface area contributed by atoms with Crippen molar-refractivity contribution in [2.75, 3.05) is 13.7 Å². The molecule has 0 bridgehead atoms. The van der Waals surface area contributed by atoms with Gasteiger partial charge in [-0.3, -0.25) is 4.79 Å². The quantitative estimate of drug-likeness (QED) is 0.397. The van der Waals surface area contributed by atoms with E-state index in [4.69, 9.17) is 14.2 Å². The van der Waals surface area contributed by atoms with Gasteiger partial charge in [-0.1, -0.05) is 19.9 Å². The molecule has 1 saturated heterocycles. The van der Waals surface area contributed by atoms with Gasteiger partial charge in [0.05, 0.1) is 17.6 Å². The molecule has 1 aliphatic heterocycles. The van der Waals surface area contributed by atoms with Crippen LogP contribution in [-0.4, -0.2) is 81.2 Å². The Morgan fingerprint density at radius 3 is 2.59 bits per heavy atom. The molecule has 2 aromatic rings. The number of ketones is 1. The molecule has 212 valence electrons. The number of hydrogen-bond acceptors (Lipinski definition) is 8. The highest BCUT2D eigenvalue weighted by Crippen LogP contribution is 2.69. The van der Waals surface area contributed by atoms with Crippen molar-refractivity contribution in [2.24, 2.45) is 16.7 Å². The first-order valence-corrected chi connectivity index (χ1v) is 13.8. The van der Waals surface area contributed by atoms with E-state index in [1.165, 1.54) is 12.7 Å². The van der Waals surface area contributed by atoms with Gasteiger partial charge in [0.1, 0.15) is 30.2 Å². The average Bonchev–Trinajstić information content (AvgIpc) is 3.41. The van der Waals surface area contributed by atoms with E-state index >= 15 is 0 Å². The molecule has 5 N–H and O–H groups in total. The highest BCUT2D eigenvalue weighted by atomic mass is 16.7. The maximum absolute atomic E-state index is 12.9. The summed E-state index contributed by atoms with van der Waals surface area (Å²) >= 11 is 0. The largest absolute Gasteiger partial charge is 0.462 e. The standard InChI is InChI=1S/C30H39NO8/c1-27(2)21(33)9-10-28(3)29(4)15(8-11-30(27,28)36)12-18-17-7-6-16(13-19(17)31-25(18)29)38-26-23(35)22(34)24(37-5)20(14-32)39-26/h6-7,9-10,13,15,20,22-24,26,31-32,34-36H,8,11-12,14H2,1-5H3/t15-,20+,22+,23+,24+,26+,28+,29+,30+/m0/s1. The minimum absolute atomic E-state index is 0.0429. The van der Waals surface area contributed by atoms with E-state index in [-0.39, 0.29) is 5.78 Å². The second-order valence-corrected chi connectivity index (χ2v) is 12.7. The summed E-state index contributed by atoms with van der Waals surface area (Å²) < 4.78 is 16.9. The van der Waals surface area contributed by atoms with E-state index in [0.717, 1.165) is 29.4 Å². The first-order chi connectivity index (χ1) is 18.3. The Balaban J connectivity index is 1.37. The van der Waals surface area contributed by atoms with Crippen LogP contribution in [0, 0.1) is 16.7 Å². The Labute approximate surface area is 227 Å². The van der Waals surface area contributed by atoms with Crippen molar-refractivity contribution in [3.63, 3.8) is 0 Å². The number of methoxy groups -OCH3 is 1. The SMILES string of the molecule is CO[C@H]1[C@H](O)[C@@H](O)[C@H](Oc2ccc3c4c([nH]c3c2)[C@@]2(C)[C@@H](CC[C@@]3(O)C(C)(C)C(=O)C=C[C@]23C)C4)O[C@@H]1CO. The Morgan fingerprint density at radius 2 is 1.90 bits per heavy atom. The summed E-state index contributed by atoms with van der Waals surface area (Å²) in [5.41, 5.74) is -0.0559. The summed E-state index contributed by atoms with van der Waals surface area (Å²) in [6, 6.07) is 5.62. The van der Waals surface area contributed by atoms with Crippen LogP contribution in [0.1, 0.15) is 51.8 Å². The Kier molecular flexibility index (Phi) is 5.95. The van der Waals surface area contributed by atoms with Crippen LogP contribution in [0.3, 0.4) is 0 Å². The van der Waals surface area contributed by atoms with Gasteiger partial charge in [-0.25, -0.2) is 0 Å². The molecule has 39 heavy (non-hydrogen) atoms. The number of benzene rings is 1. The van der Waals surface area contributed by atoms with E-state index in [1.54, 1.807) is 12.1 Å². The van der Waals surface area contributed by atoms with Gasteiger partial charge >= 0.3 is 0 Å². The second kappa shape index (κ2) is 8.61. The molecule has 1 aromatic carbocycles. The minimum atomic E-state index is -1.37. The predicted molar refractivity (Wildman–Crippen MR) is 142 cm³/mol. The van der Waals surface area contributed by atoms with Crippen LogP contribution in [0.4, 0.5) is 0 Å². The zero-order valence-corrected chi connectivity index (χ0v) is 23.1. The third-order valence-electron chi connectivity index (χ3n) is 11.0. The number of rotatable bonds is 4. The molecule has 9 heteroatoms. The Morgan fingerprint density at radius 1 is 1.15 bits per heavy atom. The number of ether oxygens (including phenoxy) is 3. The number of H-pyrrole nitrogens is 1. The maximum Gasteiger partial charge on any atom is 0.229 e. The number of carbonyl (C=O) groups is 1. The van der Waals surface area contributed by atoms with Crippen LogP contribution in [0.2, 0.25) is 0 Å². The molecule has 0 spiro atoms.